The summed E-state index contributed by atoms with van der Waals surface area (Å²) in [5.74, 6) is -3.18. The highest BCUT2D eigenvalue weighted by molar-refractivity contribution is 5.73. The number of ether oxygens (including phenoxy) is 6. The second kappa shape index (κ2) is 17.2. The summed E-state index contributed by atoms with van der Waals surface area (Å²) in [7, 11) is 7.21. The zero-order chi connectivity index (χ0) is 36.0. The van der Waals surface area contributed by atoms with Crippen LogP contribution in [0.2, 0.25) is 0 Å². The third kappa shape index (κ3) is 9.86. The van der Waals surface area contributed by atoms with E-state index >= 15 is 0 Å². The lowest BCUT2D eigenvalue weighted by Crippen LogP contribution is -2.61. The number of nitrogens with zero attached hydrogens (tertiary/aromatic N) is 2. The molecular weight excluding hydrogens is 612 g/mol. The molecule has 13 nitrogen and oxygen atoms in total. The van der Waals surface area contributed by atoms with Crippen molar-refractivity contribution in [1.82, 2.24) is 9.80 Å². The maximum Gasteiger partial charge on any atom is 0.311 e. The van der Waals surface area contributed by atoms with Gasteiger partial charge in [-0.15, -0.1) is 0 Å². The molecule has 0 saturated carbocycles. The Morgan fingerprint density at radius 2 is 1.77 bits per heavy atom. The first-order valence-electron chi connectivity index (χ1n) is 16.8. The molecule has 13 heteroatoms. The molecule has 2 aliphatic rings. The molecule has 2 rings (SSSR count). The van der Waals surface area contributed by atoms with Gasteiger partial charge in [0.25, 0.3) is 6.47 Å². The van der Waals surface area contributed by atoms with Crippen molar-refractivity contribution in [3.63, 3.8) is 0 Å². The molecular formula is C34H62N2O11. The fourth-order valence-electron chi connectivity index (χ4n) is 7.68. The SMILES string of the molecule is CC[C@H]1OC(=O)[C@H](C)[C@@H](O)[C@H](C)[C@@H](O[C@@H]2O[C@H](C)C[C@H](N(C)C)[C@H]2OC(C)=O)[C@](C)(O)C[C@@H](C)CN(C)[C@H](C)[C@H](OC)[C@]1(C)OC=O. The summed E-state index contributed by atoms with van der Waals surface area (Å²) in [6, 6.07) is -0.542. The fourth-order valence-corrected chi connectivity index (χ4v) is 7.68. The second-order valence-corrected chi connectivity index (χ2v) is 14.6. The molecule has 0 amide bonds. The van der Waals surface area contributed by atoms with Gasteiger partial charge in [-0.3, -0.25) is 14.4 Å². The average molecular weight is 675 g/mol. The normalized spacial score (nSPS) is 43.4. The zero-order valence-electron chi connectivity index (χ0n) is 30.8. The van der Waals surface area contributed by atoms with E-state index in [-0.39, 0.29) is 30.5 Å². The van der Waals surface area contributed by atoms with E-state index in [0.29, 0.717) is 25.9 Å². The number of methoxy groups -OCH3 is 1. The lowest BCUT2D eigenvalue weighted by Gasteiger charge is -2.47. The Morgan fingerprint density at radius 3 is 2.28 bits per heavy atom. The molecule has 0 aromatic rings. The number of hydrogen-bond donors (Lipinski definition) is 2. The molecule has 0 unspecified atom stereocenters. The minimum atomic E-state index is -1.53. The molecule has 2 saturated heterocycles. The van der Waals surface area contributed by atoms with Crippen molar-refractivity contribution in [2.75, 3.05) is 34.8 Å². The van der Waals surface area contributed by atoms with Gasteiger partial charge in [-0.2, -0.15) is 0 Å². The highest BCUT2D eigenvalue weighted by atomic mass is 16.7. The van der Waals surface area contributed by atoms with Crippen LogP contribution in [0.4, 0.5) is 0 Å². The molecule has 2 fully saturated rings. The Kier molecular flexibility index (Phi) is 15.1. The fraction of sp³-hybridized carbons (Fsp3) is 0.912. The van der Waals surface area contributed by atoms with Crippen molar-refractivity contribution in [2.24, 2.45) is 17.8 Å². The van der Waals surface area contributed by atoms with Gasteiger partial charge in [0.15, 0.2) is 18.0 Å². The molecule has 2 heterocycles. The van der Waals surface area contributed by atoms with Crippen molar-refractivity contribution < 1.29 is 53.0 Å². The molecule has 0 spiro atoms. The summed E-state index contributed by atoms with van der Waals surface area (Å²) < 4.78 is 36.2. The van der Waals surface area contributed by atoms with Gasteiger partial charge in [0, 0.05) is 32.5 Å². The number of rotatable bonds is 8. The maximum absolute atomic E-state index is 13.7. The average Bonchev–Trinajstić information content (AvgIpc) is 2.97. The summed E-state index contributed by atoms with van der Waals surface area (Å²) in [5, 5.41) is 23.9. The van der Waals surface area contributed by atoms with Crippen molar-refractivity contribution in [2.45, 2.75) is 148 Å². The first-order chi connectivity index (χ1) is 21.7. The van der Waals surface area contributed by atoms with Crippen LogP contribution in [-0.4, -0.2) is 139 Å². The van der Waals surface area contributed by atoms with Crippen LogP contribution in [0.5, 0.6) is 0 Å². The molecule has 2 aliphatic heterocycles. The van der Waals surface area contributed by atoms with Crippen molar-refractivity contribution >= 4 is 18.4 Å². The van der Waals surface area contributed by atoms with E-state index in [4.69, 9.17) is 28.4 Å². The number of hydrogen-bond acceptors (Lipinski definition) is 13. The monoisotopic (exact) mass is 674 g/mol. The van der Waals surface area contributed by atoms with Crippen molar-refractivity contribution in [3.05, 3.63) is 0 Å². The van der Waals surface area contributed by atoms with Crippen LogP contribution < -0.4 is 0 Å². The number of aliphatic hydroxyl groups excluding tert-OH is 1. The minimum Gasteiger partial charge on any atom is -0.458 e. The third-order valence-corrected chi connectivity index (χ3v) is 10.2. The molecule has 0 bridgehead atoms. The first kappa shape index (κ1) is 41.3. The topological polar surface area (TPSA) is 154 Å². The van der Waals surface area contributed by atoms with Gasteiger partial charge >= 0.3 is 11.9 Å². The summed E-state index contributed by atoms with van der Waals surface area (Å²) in [6.07, 6.45) is -4.96. The van der Waals surface area contributed by atoms with Gasteiger partial charge in [-0.25, -0.2) is 0 Å². The lowest BCUT2D eigenvalue weighted by atomic mass is 9.78. The minimum absolute atomic E-state index is 0.101. The molecule has 2 N–H and O–H groups in total. The van der Waals surface area contributed by atoms with Gasteiger partial charge in [0.1, 0.15) is 12.2 Å². The number of aliphatic hydroxyl groups is 2. The number of cyclic esters (lactones) is 1. The Bertz CT molecular complexity index is 1030. The van der Waals surface area contributed by atoms with E-state index in [1.54, 1.807) is 27.7 Å². The van der Waals surface area contributed by atoms with E-state index in [1.807, 2.05) is 53.7 Å². The number of carbonyl (C=O) groups is 3. The maximum atomic E-state index is 13.7. The molecule has 0 aromatic carbocycles. The van der Waals surface area contributed by atoms with Crippen LogP contribution in [0.25, 0.3) is 0 Å². The van der Waals surface area contributed by atoms with Crippen LogP contribution in [0.3, 0.4) is 0 Å². The summed E-state index contributed by atoms with van der Waals surface area (Å²) in [5.41, 5.74) is -2.89. The van der Waals surface area contributed by atoms with E-state index in [2.05, 4.69) is 4.90 Å². The lowest BCUT2D eigenvalue weighted by molar-refractivity contribution is -0.301. The van der Waals surface area contributed by atoms with Crippen molar-refractivity contribution in [1.29, 1.82) is 0 Å². The van der Waals surface area contributed by atoms with Gasteiger partial charge in [0.05, 0.1) is 35.9 Å². The quantitative estimate of drug-likeness (QED) is 0.220. The van der Waals surface area contributed by atoms with Crippen LogP contribution >= 0.6 is 0 Å². The second-order valence-electron chi connectivity index (χ2n) is 14.6. The van der Waals surface area contributed by atoms with Gasteiger partial charge in [0.2, 0.25) is 0 Å². The Balaban J connectivity index is 2.65. The molecule has 274 valence electrons. The molecule has 0 radical (unpaired) electrons. The molecule has 0 aromatic heterocycles. The standard InChI is InChI=1S/C34H62N2O11/c1-14-26-34(9,43-18-37)30(42-13)23(6)36(12)17-19(2)16-33(8,41)29(21(4)27(39)22(5)31(40)46-26)47-32-28(45-24(7)38)25(35(10)11)15-20(3)44-32/h18-23,25-30,32,39,41H,14-17H2,1-13H3/t19-,20-,21+,22-,23-,25+,26-,27+,28-,29-,30+,32+,33-,34-/m1/s1. The van der Waals surface area contributed by atoms with Gasteiger partial charge in [-0.1, -0.05) is 20.8 Å². The highest BCUT2D eigenvalue weighted by Crippen LogP contribution is 2.38. The molecule has 0 aliphatic carbocycles. The van der Waals surface area contributed by atoms with Crippen LogP contribution in [-0.2, 0) is 42.8 Å². The summed E-state index contributed by atoms with van der Waals surface area (Å²) in [6.45, 7) is 16.4. The largest absolute Gasteiger partial charge is 0.458 e. The summed E-state index contributed by atoms with van der Waals surface area (Å²) in [4.78, 5) is 41.7. The van der Waals surface area contributed by atoms with E-state index < -0.39 is 71.8 Å². The first-order valence-corrected chi connectivity index (χ1v) is 16.8. The predicted octanol–water partition coefficient (Wildman–Crippen LogP) is 2.38. The smallest absolute Gasteiger partial charge is 0.311 e. The third-order valence-electron chi connectivity index (χ3n) is 10.2. The van der Waals surface area contributed by atoms with Crippen LogP contribution in [0.1, 0.15) is 81.6 Å². The number of esters is 2. The van der Waals surface area contributed by atoms with Crippen LogP contribution in [0, 0.1) is 17.8 Å². The van der Waals surface area contributed by atoms with E-state index in [1.165, 1.54) is 14.0 Å². The van der Waals surface area contributed by atoms with Crippen molar-refractivity contribution in [3.8, 4) is 0 Å². The predicted molar refractivity (Wildman–Crippen MR) is 174 cm³/mol. The van der Waals surface area contributed by atoms with Gasteiger partial charge < -0.3 is 48.4 Å². The Morgan fingerprint density at radius 1 is 1.15 bits per heavy atom. The molecule has 14 atom stereocenters. The molecule has 47 heavy (non-hydrogen) atoms. The van der Waals surface area contributed by atoms with E-state index in [0.717, 1.165) is 0 Å². The van der Waals surface area contributed by atoms with E-state index in [9.17, 15) is 24.6 Å². The highest BCUT2D eigenvalue weighted by Gasteiger charge is 2.52. The van der Waals surface area contributed by atoms with Gasteiger partial charge in [-0.05, 0) is 80.9 Å². The Labute approximate surface area is 281 Å². The summed E-state index contributed by atoms with van der Waals surface area (Å²) >= 11 is 0. The zero-order valence-corrected chi connectivity index (χ0v) is 30.8. The number of likely N-dealkylation sites (N-methyl/N-ethyl adjacent to an activating group) is 2. The number of carbonyl (C=O) groups excluding carboxylic acids is 3. The van der Waals surface area contributed by atoms with Crippen LogP contribution in [0.15, 0.2) is 0 Å². The Hall–Kier alpha value is -1.87.